The van der Waals surface area contributed by atoms with E-state index >= 15 is 0 Å². The van der Waals surface area contributed by atoms with Crippen LogP contribution in [0.4, 0.5) is 0 Å². The number of hydrogen-bond acceptors (Lipinski definition) is 3. The van der Waals surface area contributed by atoms with Crippen molar-refractivity contribution in [3.05, 3.63) is 0 Å². The molecule has 1 aliphatic heterocycles. The molecule has 12 heavy (non-hydrogen) atoms. The topological polar surface area (TPSA) is 38.8 Å². The maximum absolute atomic E-state index is 11.1. The van der Waals surface area contributed by atoms with Crippen LogP contribution in [0.1, 0.15) is 33.1 Å². The Labute approximate surface area is 73.0 Å². The summed E-state index contributed by atoms with van der Waals surface area (Å²) in [4.78, 5) is 11.1. The number of rotatable bonds is 5. The van der Waals surface area contributed by atoms with Crippen molar-refractivity contribution in [1.82, 2.24) is 0 Å². The van der Waals surface area contributed by atoms with Crippen molar-refractivity contribution in [3.63, 3.8) is 0 Å². The first-order valence-electron chi connectivity index (χ1n) is 4.50. The molecule has 0 radical (unpaired) electrons. The number of ether oxygens (including phenoxy) is 2. The van der Waals surface area contributed by atoms with Crippen LogP contribution in [0.2, 0.25) is 0 Å². The zero-order valence-electron chi connectivity index (χ0n) is 7.76. The fourth-order valence-corrected chi connectivity index (χ4v) is 0.896. The van der Waals surface area contributed by atoms with Gasteiger partial charge in [-0.25, -0.2) is 4.79 Å². The average molecular weight is 172 g/mol. The molecule has 1 unspecified atom stereocenters. The molecule has 1 atom stereocenters. The zero-order valence-corrected chi connectivity index (χ0v) is 7.76. The maximum Gasteiger partial charge on any atom is 0.340 e. The second-order valence-electron chi connectivity index (χ2n) is 3.36. The smallest absolute Gasteiger partial charge is 0.340 e. The third kappa shape index (κ3) is 2.48. The predicted molar refractivity (Wildman–Crippen MR) is 44.8 cm³/mol. The third-order valence-electron chi connectivity index (χ3n) is 1.99. The Hall–Kier alpha value is -0.570. The van der Waals surface area contributed by atoms with Gasteiger partial charge in [-0.05, 0) is 13.3 Å². The third-order valence-corrected chi connectivity index (χ3v) is 1.99. The molecule has 1 fully saturated rings. The molecular formula is C9H16O3. The molecule has 0 N–H and O–H groups in total. The van der Waals surface area contributed by atoms with E-state index in [2.05, 4.69) is 6.92 Å². The molecule has 3 heteroatoms. The fraction of sp³-hybridized carbons (Fsp3) is 0.889. The summed E-state index contributed by atoms with van der Waals surface area (Å²) in [5, 5.41) is 0. The van der Waals surface area contributed by atoms with Crippen LogP contribution in [0, 0.1) is 0 Å². The second-order valence-corrected chi connectivity index (χ2v) is 3.36. The Morgan fingerprint density at radius 1 is 1.58 bits per heavy atom. The molecule has 0 aromatic carbocycles. The van der Waals surface area contributed by atoms with Crippen LogP contribution in [0.25, 0.3) is 0 Å². The van der Waals surface area contributed by atoms with Gasteiger partial charge in [-0.15, -0.1) is 0 Å². The van der Waals surface area contributed by atoms with Gasteiger partial charge in [0.1, 0.15) is 0 Å². The van der Waals surface area contributed by atoms with Crippen molar-refractivity contribution < 1.29 is 14.3 Å². The van der Waals surface area contributed by atoms with Gasteiger partial charge in [0.25, 0.3) is 0 Å². The van der Waals surface area contributed by atoms with E-state index in [1.165, 1.54) is 0 Å². The van der Waals surface area contributed by atoms with Crippen LogP contribution >= 0.6 is 0 Å². The summed E-state index contributed by atoms with van der Waals surface area (Å²) in [5.74, 6) is -0.210. The number of unbranched alkanes of at least 4 members (excludes halogenated alkanes) is 2. The van der Waals surface area contributed by atoms with Crippen molar-refractivity contribution in [2.75, 3.05) is 13.2 Å². The SMILES string of the molecule is CCCCCOC(=O)C1(C)CO1. The minimum absolute atomic E-state index is 0.210. The molecule has 1 saturated heterocycles. The molecule has 0 aliphatic carbocycles. The Morgan fingerprint density at radius 3 is 2.75 bits per heavy atom. The summed E-state index contributed by atoms with van der Waals surface area (Å²) in [6.07, 6.45) is 3.22. The minimum atomic E-state index is -0.605. The second kappa shape index (κ2) is 3.90. The number of epoxide rings is 1. The zero-order chi connectivity index (χ0) is 9.03. The van der Waals surface area contributed by atoms with Crippen LogP contribution in [-0.2, 0) is 14.3 Å². The lowest BCUT2D eigenvalue weighted by atomic mass is 10.2. The standard InChI is InChI=1S/C9H16O3/c1-3-4-5-6-11-8(10)9(2)7-12-9/h3-7H2,1-2H3. The number of carbonyl (C=O) groups excluding carboxylic acids is 1. The Bertz CT molecular complexity index is 161. The van der Waals surface area contributed by atoms with E-state index in [-0.39, 0.29) is 5.97 Å². The molecule has 0 amide bonds. The summed E-state index contributed by atoms with van der Waals surface area (Å²) < 4.78 is 9.95. The van der Waals surface area contributed by atoms with Crippen molar-refractivity contribution in [3.8, 4) is 0 Å². The van der Waals surface area contributed by atoms with Gasteiger partial charge in [-0.2, -0.15) is 0 Å². The van der Waals surface area contributed by atoms with Crippen molar-refractivity contribution >= 4 is 5.97 Å². The van der Waals surface area contributed by atoms with Crippen LogP contribution in [0.5, 0.6) is 0 Å². The van der Waals surface area contributed by atoms with Crippen LogP contribution < -0.4 is 0 Å². The van der Waals surface area contributed by atoms with E-state index in [1.807, 2.05) is 0 Å². The predicted octanol–water partition coefficient (Wildman–Crippen LogP) is 1.51. The highest BCUT2D eigenvalue weighted by Gasteiger charge is 2.48. The lowest BCUT2D eigenvalue weighted by Crippen LogP contribution is -2.23. The van der Waals surface area contributed by atoms with Crippen LogP contribution in [0.15, 0.2) is 0 Å². The molecule has 1 heterocycles. The molecule has 0 saturated carbocycles. The molecular weight excluding hydrogens is 156 g/mol. The van der Waals surface area contributed by atoms with Gasteiger partial charge < -0.3 is 9.47 Å². The monoisotopic (exact) mass is 172 g/mol. The summed E-state index contributed by atoms with van der Waals surface area (Å²) >= 11 is 0. The van der Waals surface area contributed by atoms with E-state index < -0.39 is 5.60 Å². The van der Waals surface area contributed by atoms with Crippen molar-refractivity contribution in [2.45, 2.75) is 38.7 Å². The number of esters is 1. The van der Waals surface area contributed by atoms with E-state index in [1.54, 1.807) is 6.92 Å². The Kier molecular flexibility index (Phi) is 3.09. The highest BCUT2D eigenvalue weighted by Crippen LogP contribution is 2.27. The van der Waals surface area contributed by atoms with E-state index in [9.17, 15) is 4.79 Å². The number of hydrogen-bond donors (Lipinski definition) is 0. The summed E-state index contributed by atoms with van der Waals surface area (Å²) in [5.41, 5.74) is -0.605. The largest absolute Gasteiger partial charge is 0.463 e. The van der Waals surface area contributed by atoms with Crippen molar-refractivity contribution in [1.29, 1.82) is 0 Å². The molecule has 0 aromatic rings. The normalized spacial score (nSPS) is 26.8. The van der Waals surface area contributed by atoms with E-state index in [4.69, 9.17) is 9.47 Å². The van der Waals surface area contributed by atoms with E-state index in [0.29, 0.717) is 13.2 Å². The maximum atomic E-state index is 11.1. The van der Waals surface area contributed by atoms with Crippen molar-refractivity contribution in [2.24, 2.45) is 0 Å². The van der Waals surface area contributed by atoms with Gasteiger partial charge in [0, 0.05) is 0 Å². The lowest BCUT2D eigenvalue weighted by molar-refractivity contribution is -0.149. The first-order valence-corrected chi connectivity index (χ1v) is 4.50. The van der Waals surface area contributed by atoms with Gasteiger partial charge >= 0.3 is 5.97 Å². The fourth-order valence-electron chi connectivity index (χ4n) is 0.896. The molecule has 1 aliphatic rings. The average Bonchev–Trinajstić information content (AvgIpc) is 2.78. The van der Waals surface area contributed by atoms with Crippen LogP contribution in [-0.4, -0.2) is 24.8 Å². The summed E-state index contributed by atoms with van der Waals surface area (Å²) in [6.45, 7) is 4.92. The minimum Gasteiger partial charge on any atom is -0.463 e. The Balaban J connectivity index is 2.03. The molecule has 3 nitrogen and oxygen atoms in total. The van der Waals surface area contributed by atoms with Gasteiger partial charge in [0.05, 0.1) is 13.2 Å². The van der Waals surface area contributed by atoms with Gasteiger partial charge in [0.15, 0.2) is 5.60 Å². The number of carbonyl (C=O) groups is 1. The van der Waals surface area contributed by atoms with E-state index in [0.717, 1.165) is 19.3 Å². The summed E-state index contributed by atoms with van der Waals surface area (Å²) in [6, 6.07) is 0. The van der Waals surface area contributed by atoms with Gasteiger partial charge in [-0.3, -0.25) is 0 Å². The van der Waals surface area contributed by atoms with Gasteiger partial charge in [0.2, 0.25) is 0 Å². The quantitative estimate of drug-likeness (QED) is 0.358. The molecule has 1 rings (SSSR count). The summed E-state index contributed by atoms with van der Waals surface area (Å²) in [7, 11) is 0. The van der Waals surface area contributed by atoms with Gasteiger partial charge in [-0.1, -0.05) is 19.8 Å². The first kappa shape index (κ1) is 9.52. The molecule has 0 spiro atoms. The highest BCUT2D eigenvalue weighted by molar-refractivity contribution is 5.81. The molecule has 0 aromatic heterocycles. The van der Waals surface area contributed by atoms with Crippen LogP contribution in [0.3, 0.4) is 0 Å². The highest BCUT2D eigenvalue weighted by atomic mass is 16.6. The molecule has 70 valence electrons. The first-order chi connectivity index (χ1) is 5.69. The Morgan fingerprint density at radius 2 is 2.25 bits per heavy atom. The lowest BCUT2D eigenvalue weighted by Gasteiger charge is -2.05. The molecule has 0 bridgehead atoms.